The van der Waals surface area contributed by atoms with Gasteiger partial charge in [-0.25, -0.2) is 4.98 Å². The number of non-ortho nitro benzene ring substituents is 1. The van der Waals surface area contributed by atoms with E-state index in [2.05, 4.69) is 10.3 Å². The Kier molecular flexibility index (Phi) is 3.62. The summed E-state index contributed by atoms with van der Waals surface area (Å²) in [4.78, 5) is 24.9. The summed E-state index contributed by atoms with van der Waals surface area (Å²) < 4.78 is 0.956. The van der Waals surface area contributed by atoms with E-state index in [0.29, 0.717) is 5.69 Å². The van der Waals surface area contributed by atoms with Gasteiger partial charge in [-0.2, -0.15) is 0 Å². The lowest BCUT2D eigenvalue weighted by Crippen LogP contribution is -1.98. The van der Waals surface area contributed by atoms with Crippen LogP contribution in [-0.4, -0.2) is 14.8 Å². The van der Waals surface area contributed by atoms with E-state index in [-0.39, 0.29) is 17.1 Å². The SMILES string of the molecule is Cc1nc2ccc(Nc3ccc([N+](=O)[O-])cc3[N+](=O)[O-])cc2s1. The van der Waals surface area contributed by atoms with E-state index in [1.807, 2.05) is 19.1 Å². The maximum absolute atomic E-state index is 11.1. The average molecular weight is 330 g/mol. The maximum Gasteiger partial charge on any atom is 0.299 e. The molecular formula is C14H10N4O4S. The molecule has 23 heavy (non-hydrogen) atoms. The van der Waals surface area contributed by atoms with Crippen LogP contribution >= 0.6 is 11.3 Å². The van der Waals surface area contributed by atoms with Gasteiger partial charge in [0.15, 0.2) is 0 Å². The van der Waals surface area contributed by atoms with Gasteiger partial charge in [0.25, 0.3) is 11.4 Å². The van der Waals surface area contributed by atoms with E-state index < -0.39 is 9.85 Å². The van der Waals surface area contributed by atoms with Crippen molar-refractivity contribution in [2.45, 2.75) is 6.92 Å². The number of aromatic nitrogens is 1. The Balaban J connectivity index is 2.00. The zero-order valence-corrected chi connectivity index (χ0v) is 12.7. The minimum Gasteiger partial charge on any atom is -0.350 e. The Hall–Kier alpha value is -3.07. The first kappa shape index (κ1) is 14.9. The quantitative estimate of drug-likeness (QED) is 0.568. The van der Waals surface area contributed by atoms with Crippen molar-refractivity contribution < 1.29 is 9.85 Å². The minimum atomic E-state index is -0.664. The summed E-state index contributed by atoms with van der Waals surface area (Å²) in [6.07, 6.45) is 0. The highest BCUT2D eigenvalue weighted by Crippen LogP contribution is 2.33. The predicted octanol–water partition coefficient (Wildman–Crippen LogP) is 4.16. The molecule has 0 aliphatic heterocycles. The summed E-state index contributed by atoms with van der Waals surface area (Å²) in [5.74, 6) is 0. The number of hydrogen-bond acceptors (Lipinski definition) is 7. The first-order chi connectivity index (χ1) is 10.9. The molecule has 3 rings (SSSR count). The molecular weight excluding hydrogens is 320 g/mol. The number of benzene rings is 2. The minimum absolute atomic E-state index is 0.196. The van der Waals surface area contributed by atoms with Gasteiger partial charge in [0.1, 0.15) is 5.69 Å². The number of thiazole rings is 1. The third-order valence-corrected chi connectivity index (χ3v) is 4.10. The van der Waals surface area contributed by atoms with Crippen LogP contribution in [0.15, 0.2) is 36.4 Å². The molecule has 1 aromatic heterocycles. The second kappa shape index (κ2) is 5.61. The molecule has 0 atom stereocenters. The summed E-state index contributed by atoms with van der Waals surface area (Å²) >= 11 is 1.52. The second-order valence-corrected chi connectivity index (χ2v) is 5.99. The number of aryl methyl sites for hydroxylation is 1. The van der Waals surface area contributed by atoms with Gasteiger partial charge in [0, 0.05) is 11.8 Å². The fraction of sp³-hybridized carbons (Fsp3) is 0.0714. The van der Waals surface area contributed by atoms with E-state index in [1.54, 1.807) is 6.07 Å². The van der Waals surface area contributed by atoms with Crippen molar-refractivity contribution in [3.05, 3.63) is 61.6 Å². The van der Waals surface area contributed by atoms with Crippen LogP contribution in [0.2, 0.25) is 0 Å². The van der Waals surface area contributed by atoms with Crippen molar-refractivity contribution in [3.63, 3.8) is 0 Å². The standard InChI is InChI=1S/C14H10N4O4S/c1-8-15-12-4-2-9(6-14(12)23-8)16-11-5-3-10(17(19)20)7-13(11)18(21)22/h2-7,16H,1H3. The average Bonchev–Trinajstić information content (AvgIpc) is 2.86. The van der Waals surface area contributed by atoms with E-state index in [4.69, 9.17) is 0 Å². The molecule has 0 unspecified atom stereocenters. The summed E-state index contributed by atoms with van der Waals surface area (Å²) in [5, 5.41) is 25.8. The molecule has 0 amide bonds. The lowest BCUT2D eigenvalue weighted by atomic mass is 10.2. The van der Waals surface area contributed by atoms with Crippen molar-refractivity contribution in [2.24, 2.45) is 0 Å². The van der Waals surface area contributed by atoms with Crippen LogP contribution < -0.4 is 5.32 Å². The molecule has 0 bridgehead atoms. The molecule has 0 aliphatic rings. The predicted molar refractivity (Wildman–Crippen MR) is 87.4 cm³/mol. The fourth-order valence-electron chi connectivity index (χ4n) is 2.16. The zero-order chi connectivity index (χ0) is 16.6. The normalized spacial score (nSPS) is 10.7. The van der Waals surface area contributed by atoms with Crippen molar-refractivity contribution in [2.75, 3.05) is 5.32 Å². The van der Waals surface area contributed by atoms with Crippen LogP contribution in [0.1, 0.15) is 5.01 Å². The Labute approximate surface area is 133 Å². The van der Waals surface area contributed by atoms with Crippen molar-refractivity contribution in [1.29, 1.82) is 0 Å². The number of nitrogens with zero attached hydrogens (tertiary/aromatic N) is 3. The maximum atomic E-state index is 11.1. The molecule has 116 valence electrons. The molecule has 9 heteroatoms. The third kappa shape index (κ3) is 2.94. The van der Waals surface area contributed by atoms with Crippen LogP contribution in [0.3, 0.4) is 0 Å². The Morgan fingerprint density at radius 3 is 2.57 bits per heavy atom. The van der Waals surface area contributed by atoms with Crippen LogP contribution in [0.4, 0.5) is 22.7 Å². The van der Waals surface area contributed by atoms with Crippen molar-refractivity contribution >= 4 is 44.3 Å². The molecule has 0 saturated heterocycles. The number of hydrogen-bond donors (Lipinski definition) is 1. The molecule has 0 saturated carbocycles. The number of nitro benzene ring substituents is 2. The van der Waals surface area contributed by atoms with Gasteiger partial charge in [0.05, 0.1) is 31.1 Å². The van der Waals surface area contributed by atoms with Crippen LogP contribution in [-0.2, 0) is 0 Å². The van der Waals surface area contributed by atoms with Crippen LogP contribution in [0, 0.1) is 27.2 Å². The molecule has 0 spiro atoms. The molecule has 3 aromatic rings. The Bertz CT molecular complexity index is 938. The fourth-order valence-corrected chi connectivity index (χ4v) is 3.03. The van der Waals surface area contributed by atoms with Crippen molar-refractivity contribution in [3.8, 4) is 0 Å². The van der Waals surface area contributed by atoms with Gasteiger partial charge in [-0.3, -0.25) is 20.2 Å². The third-order valence-electron chi connectivity index (χ3n) is 3.16. The molecule has 1 heterocycles. The first-order valence-electron chi connectivity index (χ1n) is 6.51. The van der Waals surface area contributed by atoms with Gasteiger partial charge >= 0.3 is 0 Å². The molecule has 2 aromatic carbocycles. The van der Waals surface area contributed by atoms with Gasteiger partial charge < -0.3 is 5.32 Å². The molecule has 8 nitrogen and oxygen atoms in total. The summed E-state index contributed by atoms with van der Waals surface area (Å²) in [6, 6.07) is 8.91. The van der Waals surface area contributed by atoms with E-state index >= 15 is 0 Å². The monoisotopic (exact) mass is 330 g/mol. The van der Waals surface area contributed by atoms with Gasteiger partial charge in [-0.1, -0.05) is 0 Å². The number of rotatable bonds is 4. The highest BCUT2D eigenvalue weighted by Gasteiger charge is 2.19. The summed E-state index contributed by atoms with van der Waals surface area (Å²) in [7, 11) is 0. The van der Waals surface area contributed by atoms with Crippen molar-refractivity contribution in [1.82, 2.24) is 4.98 Å². The topological polar surface area (TPSA) is 111 Å². The number of anilines is 2. The number of nitrogens with one attached hydrogen (secondary N) is 1. The largest absolute Gasteiger partial charge is 0.350 e. The zero-order valence-electron chi connectivity index (χ0n) is 11.8. The first-order valence-corrected chi connectivity index (χ1v) is 7.33. The van der Waals surface area contributed by atoms with E-state index in [0.717, 1.165) is 21.3 Å². The highest BCUT2D eigenvalue weighted by molar-refractivity contribution is 7.18. The molecule has 1 N–H and O–H groups in total. The van der Waals surface area contributed by atoms with E-state index in [9.17, 15) is 20.2 Å². The summed E-state index contributed by atoms with van der Waals surface area (Å²) in [6.45, 7) is 1.90. The van der Waals surface area contributed by atoms with Crippen LogP contribution in [0.25, 0.3) is 10.2 Å². The molecule has 0 fully saturated rings. The van der Waals surface area contributed by atoms with Gasteiger partial charge in [0.2, 0.25) is 0 Å². The Morgan fingerprint density at radius 1 is 1.09 bits per heavy atom. The number of nitro groups is 2. The van der Waals surface area contributed by atoms with E-state index in [1.165, 1.54) is 23.5 Å². The number of fused-ring (bicyclic) bond motifs is 1. The second-order valence-electron chi connectivity index (χ2n) is 4.76. The van der Waals surface area contributed by atoms with Gasteiger partial charge in [-0.05, 0) is 31.2 Å². The van der Waals surface area contributed by atoms with Crippen LogP contribution in [0.5, 0.6) is 0 Å². The highest BCUT2D eigenvalue weighted by atomic mass is 32.1. The summed E-state index contributed by atoms with van der Waals surface area (Å²) in [5.41, 5.74) is 1.03. The lowest BCUT2D eigenvalue weighted by Gasteiger charge is -2.07. The lowest BCUT2D eigenvalue weighted by molar-refractivity contribution is -0.393. The molecule has 0 aliphatic carbocycles. The van der Waals surface area contributed by atoms with Gasteiger partial charge in [-0.15, -0.1) is 11.3 Å². The Morgan fingerprint density at radius 2 is 1.87 bits per heavy atom. The smallest absolute Gasteiger partial charge is 0.299 e. The molecule has 0 radical (unpaired) electrons.